The Morgan fingerprint density at radius 2 is 2.00 bits per heavy atom. The Balaban J connectivity index is 1.73. The molecule has 2 heterocycles. The van der Waals surface area contributed by atoms with Gasteiger partial charge >= 0.3 is 0 Å². The van der Waals surface area contributed by atoms with Crippen molar-refractivity contribution in [1.82, 2.24) is 14.7 Å². The maximum absolute atomic E-state index is 14.4. The van der Waals surface area contributed by atoms with E-state index in [1.54, 1.807) is 29.3 Å². The highest BCUT2D eigenvalue weighted by Crippen LogP contribution is 2.34. The second kappa shape index (κ2) is 9.38. The van der Waals surface area contributed by atoms with E-state index in [4.69, 9.17) is 15.7 Å². The number of benzene rings is 2. The number of rotatable bonds is 5. The molecule has 2 aromatic carbocycles. The number of aromatic nitrogens is 2. The van der Waals surface area contributed by atoms with Crippen LogP contribution in [0.2, 0.25) is 0 Å². The fraction of sp³-hybridized carbons (Fsp3) is 0.292. The number of hydrogen-bond acceptors (Lipinski definition) is 5. The second-order valence-electron chi connectivity index (χ2n) is 7.99. The molecular formula is C24H23F2N5O2. The Hall–Kier alpha value is -3.77. The van der Waals surface area contributed by atoms with Gasteiger partial charge < -0.3 is 15.4 Å². The first-order valence-corrected chi connectivity index (χ1v) is 10.5. The summed E-state index contributed by atoms with van der Waals surface area (Å²) in [5, 5.41) is 13.5. The minimum atomic E-state index is -0.685. The molecule has 0 unspecified atom stereocenters. The van der Waals surface area contributed by atoms with E-state index < -0.39 is 11.6 Å². The van der Waals surface area contributed by atoms with Gasteiger partial charge in [-0.05, 0) is 42.7 Å². The lowest BCUT2D eigenvalue weighted by atomic mass is 10.0. The molecule has 0 bridgehead atoms. The molecule has 1 amide bonds. The number of amides is 1. The summed E-state index contributed by atoms with van der Waals surface area (Å²) in [7, 11) is 1.37. The van der Waals surface area contributed by atoms with E-state index in [2.05, 4.69) is 5.10 Å². The topological polar surface area (TPSA) is 97.2 Å². The van der Waals surface area contributed by atoms with Gasteiger partial charge in [-0.1, -0.05) is 12.1 Å². The summed E-state index contributed by atoms with van der Waals surface area (Å²) >= 11 is 0. The number of nitrogens with zero attached hydrogens (tertiary/aromatic N) is 4. The van der Waals surface area contributed by atoms with Crippen LogP contribution < -0.4 is 10.5 Å². The van der Waals surface area contributed by atoms with Crippen molar-refractivity contribution in [3.63, 3.8) is 0 Å². The Morgan fingerprint density at radius 1 is 1.24 bits per heavy atom. The zero-order valence-electron chi connectivity index (χ0n) is 18.1. The summed E-state index contributed by atoms with van der Waals surface area (Å²) in [5.41, 5.74) is 7.68. The van der Waals surface area contributed by atoms with E-state index in [1.807, 2.05) is 0 Å². The molecule has 1 aliphatic rings. The van der Waals surface area contributed by atoms with Gasteiger partial charge in [0.1, 0.15) is 24.1 Å². The maximum Gasteiger partial charge on any atom is 0.244 e. The molecule has 0 spiro atoms. The molecule has 1 fully saturated rings. The highest BCUT2D eigenvalue weighted by atomic mass is 19.1. The van der Waals surface area contributed by atoms with E-state index in [9.17, 15) is 13.6 Å². The van der Waals surface area contributed by atoms with Crippen LogP contribution in [-0.2, 0) is 11.3 Å². The maximum atomic E-state index is 14.4. The number of likely N-dealkylation sites (tertiary alicyclic amines) is 1. The minimum Gasteiger partial charge on any atom is -0.494 e. The number of methoxy groups -OCH3 is 1. The fourth-order valence-electron chi connectivity index (χ4n) is 3.99. The lowest BCUT2D eigenvalue weighted by Gasteiger charge is -2.30. The molecule has 1 aromatic heterocycles. The standard InChI is InChI=1S/C24H23F2N5O2/c1-33-22-7-6-15(9-21(22)26)19-13-31(14-23(32)30-8-2-3-18(28)12-30)29-24(19)16-4-5-17(11-27)20(25)10-16/h4-7,9-10,13,18H,2-3,8,12,14,28H2,1H3/t18-/m1/s1. The van der Waals surface area contributed by atoms with Crippen LogP contribution in [0, 0.1) is 23.0 Å². The predicted molar refractivity (Wildman–Crippen MR) is 118 cm³/mol. The van der Waals surface area contributed by atoms with Crippen molar-refractivity contribution in [2.24, 2.45) is 5.73 Å². The van der Waals surface area contributed by atoms with Gasteiger partial charge in [0.05, 0.1) is 12.7 Å². The van der Waals surface area contributed by atoms with Gasteiger partial charge in [-0.2, -0.15) is 10.4 Å². The van der Waals surface area contributed by atoms with Gasteiger partial charge in [0, 0.05) is 36.5 Å². The van der Waals surface area contributed by atoms with Crippen LogP contribution in [-0.4, -0.2) is 46.8 Å². The molecule has 1 aliphatic heterocycles. The summed E-state index contributed by atoms with van der Waals surface area (Å²) in [6.45, 7) is 1.10. The number of ether oxygens (including phenoxy) is 1. The molecule has 2 N–H and O–H groups in total. The molecule has 0 saturated carbocycles. The number of nitrogens with two attached hydrogens (primary N) is 1. The number of nitriles is 1. The lowest BCUT2D eigenvalue weighted by molar-refractivity contribution is -0.133. The van der Waals surface area contributed by atoms with Gasteiger partial charge in [0.2, 0.25) is 5.91 Å². The molecule has 33 heavy (non-hydrogen) atoms. The monoisotopic (exact) mass is 451 g/mol. The largest absolute Gasteiger partial charge is 0.494 e. The van der Waals surface area contributed by atoms with Crippen LogP contribution in [0.1, 0.15) is 18.4 Å². The van der Waals surface area contributed by atoms with Crippen LogP contribution in [0.4, 0.5) is 8.78 Å². The molecule has 9 heteroatoms. The number of hydrogen-bond donors (Lipinski definition) is 1. The zero-order chi connectivity index (χ0) is 23.5. The van der Waals surface area contributed by atoms with E-state index >= 15 is 0 Å². The van der Waals surface area contributed by atoms with Crippen molar-refractivity contribution in [1.29, 1.82) is 5.26 Å². The Kier molecular flexibility index (Phi) is 6.38. The van der Waals surface area contributed by atoms with E-state index in [1.165, 1.54) is 36.1 Å². The summed E-state index contributed by atoms with van der Waals surface area (Å²) in [6.07, 6.45) is 3.36. The van der Waals surface area contributed by atoms with Crippen LogP contribution in [0.15, 0.2) is 42.6 Å². The summed E-state index contributed by atoms with van der Waals surface area (Å²) in [6, 6.07) is 10.3. The first kappa shape index (κ1) is 22.4. The number of carbonyl (C=O) groups is 1. The molecular weight excluding hydrogens is 428 g/mol. The number of carbonyl (C=O) groups excluding carboxylic acids is 1. The first-order chi connectivity index (χ1) is 15.9. The zero-order valence-corrected chi connectivity index (χ0v) is 18.1. The molecule has 4 rings (SSSR count). The van der Waals surface area contributed by atoms with Crippen molar-refractivity contribution in [2.75, 3.05) is 20.2 Å². The Morgan fingerprint density at radius 3 is 2.67 bits per heavy atom. The van der Waals surface area contributed by atoms with Crippen LogP contribution in [0.5, 0.6) is 5.75 Å². The van der Waals surface area contributed by atoms with Crippen LogP contribution >= 0.6 is 0 Å². The molecule has 0 radical (unpaired) electrons. The normalized spacial score (nSPS) is 15.8. The quantitative estimate of drug-likeness (QED) is 0.642. The van der Waals surface area contributed by atoms with Crippen molar-refractivity contribution in [2.45, 2.75) is 25.4 Å². The molecule has 1 atom stereocenters. The summed E-state index contributed by atoms with van der Waals surface area (Å²) in [5.74, 6) is -1.28. The molecule has 3 aromatic rings. The lowest BCUT2D eigenvalue weighted by Crippen LogP contribution is -2.46. The Labute approximate surface area is 190 Å². The summed E-state index contributed by atoms with van der Waals surface area (Å²) in [4.78, 5) is 14.5. The fourth-order valence-corrected chi connectivity index (χ4v) is 3.99. The molecule has 7 nitrogen and oxygen atoms in total. The number of halogens is 2. The van der Waals surface area contributed by atoms with Crippen LogP contribution in [0.3, 0.4) is 0 Å². The van der Waals surface area contributed by atoms with Gasteiger partial charge in [-0.25, -0.2) is 8.78 Å². The van der Waals surface area contributed by atoms with Gasteiger partial charge in [-0.3, -0.25) is 9.48 Å². The number of piperidine rings is 1. The highest BCUT2D eigenvalue weighted by molar-refractivity contribution is 5.82. The second-order valence-corrected chi connectivity index (χ2v) is 7.99. The highest BCUT2D eigenvalue weighted by Gasteiger charge is 2.23. The van der Waals surface area contributed by atoms with Crippen molar-refractivity contribution in [3.8, 4) is 34.2 Å². The van der Waals surface area contributed by atoms with Crippen LogP contribution in [0.25, 0.3) is 22.4 Å². The van der Waals surface area contributed by atoms with E-state index in [0.29, 0.717) is 35.5 Å². The van der Waals surface area contributed by atoms with Crippen molar-refractivity contribution >= 4 is 5.91 Å². The minimum absolute atomic E-state index is 0.0306. The average molecular weight is 451 g/mol. The third-order valence-electron chi connectivity index (χ3n) is 5.70. The molecule has 1 saturated heterocycles. The van der Waals surface area contributed by atoms with Gasteiger partial charge in [0.25, 0.3) is 0 Å². The van der Waals surface area contributed by atoms with E-state index in [0.717, 1.165) is 12.8 Å². The predicted octanol–water partition coefficient (Wildman–Crippen LogP) is 3.33. The van der Waals surface area contributed by atoms with Gasteiger partial charge in [0.15, 0.2) is 11.6 Å². The third kappa shape index (κ3) is 4.71. The Bertz CT molecular complexity index is 1230. The molecule has 170 valence electrons. The van der Waals surface area contributed by atoms with Crippen molar-refractivity contribution < 1.29 is 18.3 Å². The smallest absolute Gasteiger partial charge is 0.244 e. The van der Waals surface area contributed by atoms with E-state index in [-0.39, 0.29) is 29.8 Å². The summed E-state index contributed by atoms with van der Waals surface area (Å²) < 4.78 is 35.2. The average Bonchev–Trinajstić information content (AvgIpc) is 3.22. The van der Waals surface area contributed by atoms with Gasteiger partial charge in [-0.15, -0.1) is 0 Å². The SMILES string of the molecule is COc1ccc(-c2cn(CC(=O)N3CCC[C@@H](N)C3)nc2-c2ccc(C#N)c(F)c2)cc1F. The third-order valence-corrected chi connectivity index (χ3v) is 5.70. The van der Waals surface area contributed by atoms with Crippen molar-refractivity contribution in [3.05, 3.63) is 59.8 Å². The first-order valence-electron chi connectivity index (χ1n) is 10.5. The molecule has 0 aliphatic carbocycles.